The van der Waals surface area contributed by atoms with Gasteiger partial charge in [0, 0.05) is 40.0 Å². The van der Waals surface area contributed by atoms with Crippen LogP contribution in [0.25, 0.3) is 21.3 Å². The van der Waals surface area contributed by atoms with Gasteiger partial charge in [-0.3, -0.25) is 4.21 Å². The molecule has 10 heteroatoms. The Morgan fingerprint density at radius 2 is 2.04 bits per heavy atom. The van der Waals surface area contributed by atoms with Crippen molar-refractivity contribution < 1.29 is 22.2 Å². The number of thiophene rings is 1. The van der Waals surface area contributed by atoms with Gasteiger partial charge in [-0.25, -0.2) is 23.2 Å². The second-order valence-corrected chi connectivity index (χ2v) is 9.76. The van der Waals surface area contributed by atoms with Gasteiger partial charge in [0.15, 0.2) is 0 Å². The Bertz CT molecular complexity index is 1150. The molecule has 2 aromatic heterocycles. The highest BCUT2D eigenvalue weighted by Gasteiger charge is 2.24. The molecule has 0 fully saturated rings. The molecule has 0 amide bonds. The highest BCUT2D eigenvalue weighted by Crippen LogP contribution is 2.38. The lowest BCUT2D eigenvalue weighted by Crippen LogP contribution is -2.04. The van der Waals surface area contributed by atoms with Crippen LogP contribution in [0.5, 0.6) is 0 Å². The third-order valence-electron chi connectivity index (χ3n) is 3.57. The van der Waals surface area contributed by atoms with E-state index in [1.807, 2.05) is 0 Å². The van der Waals surface area contributed by atoms with Gasteiger partial charge < -0.3 is 4.74 Å². The number of rotatable bonds is 4. The van der Waals surface area contributed by atoms with Crippen LogP contribution < -0.4 is 0 Å². The average Bonchev–Trinajstić information content (AvgIpc) is 2.99. The molecule has 0 radical (unpaired) electrons. The molecule has 3 rings (SSSR count). The second kappa shape index (κ2) is 6.86. The van der Waals surface area contributed by atoms with E-state index in [4.69, 9.17) is 4.74 Å². The average molecular weight is 410 g/mol. The molecular weight excluding hydrogens is 396 g/mol. The standard InChI is InChI=1S/C16H14N2O5S3/c1-23-15(19)14-12(9-5-4-6-10(7-9)25(2)20)13-11(24-14)8-17-16(18-13)26(3,21)22/h4-8H,1-3H3/t25-/m1/s1. The number of nitrogens with zero attached hydrogens (tertiary/aromatic N) is 2. The zero-order valence-corrected chi connectivity index (χ0v) is 16.5. The van der Waals surface area contributed by atoms with E-state index in [0.717, 1.165) is 17.6 Å². The van der Waals surface area contributed by atoms with Gasteiger partial charge in [-0.2, -0.15) is 0 Å². The number of sulfone groups is 1. The Kier molecular flexibility index (Phi) is 4.91. The van der Waals surface area contributed by atoms with Gasteiger partial charge in [0.05, 0.1) is 17.3 Å². The van der Waals surface area contributed by atoms with Crippen molar-refractivity contribution in [3.05, 3.63) is 35.3 Å². The zero-order chi connectivity index (χ0) is 19.1. The minimum absolute atomic E-state index is 0.279. The van der Waals surface area contributed by atoms with E-state index in [0.29, 0.717) is 26.2 Å². The van der Waals surface area contributed by atoms with Crippen LogP contribution in [0.15, 0.2) is 40.5 Å². The minimum Gasteiger partial charge on any atom is -0.465 e. The summed E-state index contributed by atoms with van der Waals surface area (Å²) in [5, 5.41) is -0.323. The first-order chi connectivity index (χ1) is 12.2. The molecule has 0 spiro atoms. The first-order valence-corrected chi connectivity index (χ1v) is 11.5. The molecule has 0 aliphatic heterocycles. The molecule has 7 nitrogen and oxygen atoms in total. The fourth-order valence-corrected chi connectivity index (χ4v) is 4.51. The molecule has 26 heavy (non-hydrogen) atoms. The summed E-state index contributed by atoms with van der Waals surface area (Å²) in [5.74, 6) is -0.563. The van der Waals surface area contributed by atoms with Gasteiger partial charge in [0.2, 0.25) is 15.0 Å². The van der Waals surface area contributed by atoms with Crippen LogP contribution in [-0.4, -0.2) is 48.2 Å². The summed E-state index contributed by atoms with van der Waals surface area (Å²) < 4.78 is 40.8. The molecule has 2 heterocycles. The first-order valence-electron chi connectivity index (χ1n) is 7.24. The molecule has 0 saturated heterocycles. The van der Waals surface area contributed by atoms with E-state index in [2.05, 4.69) is 9.97 Å². The van der Waals surface area contributed by atoms with Crippen molar-refractivity contribution in [1.29, 1.82) is 0 Å². The second-order valence-electron chi connectivity index (χ2n) is 5.42. The van der Waals surface area contributed by atoms with E-state index in [1.165, 1.54) is 13.3 Å². The Morgan fingerprint density at radius 1 is 1.31 bits per heavy atom. The van der Waals surface area contributed by atoms with Crippen molar-refractivity contribution in [2.24, 2.45) is 0 Å². The third kappa shape index (κ3) is 3.39. The quantitative estimate of drug-likeness (QED) is 0.480. The summed E-state index contributed by atoms with van der Waals surface area (Å²) in [6, 6.07) is 6.86. The molecule has 0 N–H and O–H groups in total. The largest absolute Gasteiger partial charge is 0.465 e. The van der Waals surface area contributed by atoms with Crippen molar-refractivity contribution in [3.63, 3.8) is 0 Å². The van der Waals surface area contributed by atoms with Gasteiger partial charge in [-0.1, -0.05) is 12.1 Å². The third-order valence-corrected chi connectivity index (χ3v) is 6.44. The first kappa shape index (κ1) is 18.6. The smallest absolute Gasteiger partial charge is 0.348 e. The number of fused-ring (bicyclic) bond motifs is 1. The van der Waals surface area contributed by atoms with Gasteiger partial charge >= 0.3 is 5.97 Å². The number of ether oxygens (including phenoxy) is 1. The molecule has 0 bridgehead atoms. The lowest BCUT2D eigenvalue weighted by molar-refractivity contribution is 0.0607. The number of esters is 1. The number of methoxy groups -OCH3 is 1. The maximum absolute atomic E-state index is 12.2. The van der Waals surface area contributed by atoms with Crippen molar-refractivity contribution in [2.45, 2.75) is 10.1 Å². The van der Waals surface area contributed by atoms with Crippen LogP contribution in [0.3, 0.4) is 0 Å². The van der Waals surface area contributed by atoms with Crippen LogP contribution in [0.4, 0.5) is 0 Å². The van der Waals surface area contributed by atoms with Crippen LogP contribution in [0, 0.1) is 0 Å². The lowest BCUT2D eigenvalue weighted by atomic mass is 10.1. The summed E-state index contributed by atoms with van der Waals surface area (Å²) in [6.07, 6.45) is 3.94. The van der Waals surface area contributed by atoms with Crippen molar-refractivity contribution in [2.75, 3.05) is 19.6 Å². The normalized spacial score (nSPS) is 12.9. The lowest BCUT2D eigenvalue weighted by Gasteiger charge is -2.06. The molecule has 0 aliphatic carbocycles. The van der Waals surface area contributed by atoms with E-state index < -0.39 is 26.6 Å². The van der Waals surface area contributed by atoms with Crippen LogP contribution in [-0.2, 0) is 25.4 Å². The topological polar surface area (TPSA) is 103 Å². The molecular formula is C16H14N2O5S3. The van der Waals surface area contributed by atoms with Gasteiger partial charge in [-0.05, 0) is 17.7 Å². The van der Waals surface area contributed by atoms with E-state index >= 15 is 0 Å². The number of hydrogen-bond acceptors (Lipinski definition) is 8. The maximum Gasteiger partial charge on any atom is 0.348 e. The van der Waals surface area contributed by atoms with Crippen LogP contribution in [0.2, 0.25) is 0 Å². The fourth-order valence-electron chi connectivity index (χ4n) is 2.39. The number of benzene rings is 1. The highest BCUT2D eigenvalue weighted by molar-refractivity contribution is 7.90. The van der Waals surface area contributed by atoms with Crippen LogP contribution in [0.1, 0.15) is 9.67 Å². The van der Waals surface area contributed by atoms with Crippen molar-refractivity contribution in [1.82, 2.24) is 9.97 Å². The van der Waals surface area contributed by atoms with Gasteiger partial charge in [0.1, 0.15) is 4.88 Å². The Morgan fingerprint density at radius 3 is 2.65 bits per heavy atom. The fraction of sp³-hybridized carbons (Fsp3) is 0.188. The van der Waals surface area contributed by atoms with E-state index in [-0.39, 0.29) is 10.0 Å². The Hall–Kier alpha value is -2.17. The molecule has 3 aromatic rings. The monoisotopic (exact) mass is 410 g/mol. The van der Waals surface area contributed by atoms with Crippen molar-refractivity contribution >= 4 is 48.2 Å². The number of hydrogen-bond donors (Lipinski definition) is 0. The summed E-state index contributed by atoms with van der Waals surface area (Å²) >= 11 is 1.11. The number of carbonyl (C=O) groups excluding carboxylic acids is 1. The Balaban J connectivity index is 2.38. The van der Waals surface area contributed by atoms with Crippen molar-refractivity contribution in [3.8, 4) is 11.1 Å². The predicted octanol–water partition coefficient (Wildman–Crippen LogP) is 2.29. The molecule has 0 unspecified atom stereocenters. The summed E-state index contributed by atoms with van der Waals surface area (Å²) in [7, 11) is -3.56. The predicted molar refractivity (Wildman–Crippen MR) is 99.6 cm³/mol. The molecule has 136 valence electrons. The highest BCUT2D eigenvalue weighted by atomic mass is 32.2. The molecule has 1 atom stereocenters. The summed E-state index contributed by atoms with van der Waals surface area (Å²) in [4.78, 5) is 21.1. The summed E-state index contributed by atoms with van der Waals surface area (Å²) in [5.41, 5.74) is 1.38. The number of aromatic nitrogens is 2. The SMILES string of the molecule is COC(=O)c1sc2cnc(S(C)(=O)=O)nc2c1-c1cccc([S@@](C)=O)c1. The molecule has 1 aromatic carbocycles. The van der Waals surface area contributed by atoms with E-state index in [1.54, 1.807) is 30.5 Å². The summed E-state index contributed by atoms with van der Waals surface area (Å²) in [6.45, 7) is 0. The molecule has 0 saturated carbocycles. The number of carbonyl (C=O) groups is 1. The van der Waals surface area contributed by atoms with E-state index in [9.17, 15) is 17.4 Å². The van der Waals surface area contributed by atoms with Crippen LogP contribution >= 0.6 is 11.3 Å². The Labute approximate surface area is 156 Å². The zero-order valence-electron chi connectivity index (χ0n) is 14.0. The van der Waals surface area contributed by atoms with Gasteiger partial charge in [0.25, 0.3) is 0 Å². The van der Waals surface area contributed by atoms with Gasteiger partial charge in [-0.15, -0.1) is 11.3 Å². The molecule has 0 aliphatic rings. The minimum atomic E-state index is -3.61. The maximum atomic E-state index is 12.2.